The lowest BCUT2D eigenvalue weighted by Gasteiger charge is -2.09. The van der Waals surface area contributed by atoms with Crippen LogP contribution in [0, 0.1) is 13.8 Å². The zero-order valence-electron chi connectivity index (χ0n) is 14.8. The van der Waals surface area contributed by atoms with E-state index in [1.54, 1.807) is 37.3 Å². The summed E-state index contributed by atoms with van der Waals surface area (Å²) in [6.45, 7) is 3.66. The van der Waals surface area contributed by atoms with Crippen LogP contribution in [0.25, 0.3) is 6.08 Å². The van der Waals surface area contributed by atoms with Crippen LogP contribution in [0.1, 0.15) is 36.7 Å². The molecule has 0 N–H and O–H groups in total. The molecule has 0 saturated carbocycles. The van der Waals surface area contributed by atoms with Crippen LogP contribution in [0.5, 0.6) is 11.5 Å². The monoisotopic (exact) mass is 376 g/mol. The van der Waals surface area contributed by atoms with Crippen molar-refractivity contribution >= 4 is 29.2 Å². The maximum absolute atomic E-state index is 12.6. The average Bonchev–Trinajstić information content (AvgIpc) is 3.24. The van der Waals surface area contributed by atoms with E-state index in [0.717, 1.165) is 10.4 Å². The Morgan fingerprint density at radius 1 is 1.07 bits per heavy atom. The quantitative estimate of drug-likeness (QED) is 0.358. The molecule has 2 aromatic carbocycles. The van der Waals surface area contributed by atoms with E-state index in [-0.39, 0.29) is 11.5 Å². The minimum atomic E-state index is -0.439. The summed E-state index contributed by atoms with van der Waals surface area (Å²) >= 11 is 1.53. The molecule has 4 rings (SSSR count). The van der Waals surface area contributed by atoms with Crippen molar-refractivity contribution in [2.45, 2.75) is 13.8 Å². The molecule has 0 fully saturated rings. The smallest absolute Gasteiger partial charge is 0.343 e. The molecule has 4 nitrogen and oxygen atoms in total. The third-order valence-corrected chi connectivity index (χ3v) is 5.16. The molecule has 1 aromatic heterocycles. The average molecular weight is 376 g/mol. The molecule has 0 spiro atoms. The zero-order chi connectivity index (χ0) is 19.0. The van der Waals surface area contributed by atoms with Gasteiger partial charge in [0.05, 0.1) is 11.1 Å². The van der Waals surface area contributed by atoms with Gasteiger partial charge < -0.3 is 9.47 Å². The molecule has 0 bridgehead atoms. The normalized spacial score (nSPS) is 14.1. The Kier molecular flexibility index (Phi) is 4.38. The number of carbonyl (C=O) groups is 2. The van der Waals surface area contributed by atoms with Gasteiger partial charge in [-0.2, -0.15) is 0 Å². The van der Waals surface area contributed by atoms with Gasteiger partial charge in [0, 0.05) is 17.0 Å². The number of ether oxygens (including phenoxy) is 2. The molecule has 27 heavy (non-hydrogen) atoms. The third-order valence-electron chi connectivity index (χ3n) is 4.34. The SMILES string of the molecule is Cc1ccccc1C(=O)Oc1cc(C)c2c(c1)O/C(=C\c1cccs1)C2=O. The first kappa shape index (κ1) is 17.2. The summed E-state index contributed by atoms with van der Waals surface area (Å²) < 4.78 is 11.3. The Morgan fingerprint density at radius 3 is 2.63 bits per heavy atom. The third kappa shape index (κ3) is 3.29. The van der Waals surface area contributed by atoms with Crippen molar-refractivity contribution in [2.75, 3.05) is 0 Å². The van der Waals surface area contributed by atoms with E-state index >= 15 is 0 Å². The first-order valence-electron chi connectivity index (χ1n) is 8.43. The maximum atomic E-state index is 12.6. The highest BCUT2D eigenvalue weighted by Crippen LogP contribution is 2.38. The Balaban J connectivity index is 1.63. The van der Waals surface area contributed by atoms with Crippen LogP contribution >= 0.6 is 11.3 Å². The van der Waals surface area contributed by atoms with Gasteiger partial charge in [-0.3, -0.25) is 4.79 Å². The second-order valence-electron chi connectivity index (χ2n) is 6.27. The highest BCUT2D eigenvalue weighted by Gasteiger charge is 2.30. The lowest BCUT2D eigenvalue weighted by molar-refractivity contribution is 0.0733. The predicted octanol–water partition coefficient (Wildman–Crippen LogP) is 5.20. The van der Waals surface area contributed by atoms with Crippen LogP contribution in [0.3, 0.4) is 0 Å². The van der Waals surface area contributed by atoms with Crippen molar-refractivity contribution in [3.63, 3.8) is 0 Å². The summed E-state index contributed by atoms with van der Waals surface area (Å²) in [7, 11) is 0. The van der Waals surface area contributed by atoms with Crippen LogP contribution < -0.4 is 9.47 Å². The molecule has 0 saturated heterocycles. The number of hydrogen-bond acceptors (Lipinski definition) is 5. The Hall–Kier alpha value is -3.18. The van der Waals surface area contributed by atoms with Crippen molar-refractivity contribution in [2.24, 2.45) is 0 Å². The van der Waals surface area contributed by atoms with Gasteiger partial charge in [0.15, 0.2) is 5.76 Å². The lowest BCUT2D eigenvalue weighted by atomic mass is 10.0. The second-order valence-corrected chi connectivity index (χ2v) is 7.25. The fourth-order valence-electron chi connectivity index (χ4n) is 3.00. The van der Waals surface area contributed by atoms with E-state index in [1.807, 2.05) is 36.6 Å². The van der Waals surface area contributed by atoms with Gasteiger partial charge in [0.1, 0.15) is 11.5 Å². The standard InChI is InChI=1S/C22H16O4S/c1-13-6-3-4-8-17(13)22(24)25-15-10-14(2)20-18(11-15)26-19(21(20)23)12-16-7-5-9-27-16/h3-12H,1-2H3/b19-12-. The number of esters is 1. The van der Waals surface area contributed by atoms with Crippen LogP contribution in [-0.2, 0) is 0 Å². The lowest BCUT2D eigenvalue weighted by Crippen LogP contribution is -2.10. The molecule has 0 atom stereocenters. The van der Waals surface area contributed by atoms with Crippen molar-refractivity contribution in [1.29, 1.82) is 0 Å². The molecule has 134 valence electrons. The van der Waals surface area contributed by atoms with Gasteiger partial charge in [0.25, 0.3) is 0 Å². The number of Topliss-reactive ketones (excluding diaryl/α,β-unsaturated/α-hetero) is 1. The van der Waals surface area contributed by atoms with E-state index in [2.05, 4.69) is 0 Å². The number of aryl methyl sites for hydroxylation is 2. The minimum absolute atomic E-state index is 0.160. The number of rotatable bonds is 3. The first-order chi connectivity index (χ1) is 13.0. The predicted molar refractivity (Wildman–Crippen MR) is 105 cm³/mol. The van der Waals surface area contributed by atoms with Gasteiger partial charge in [-0.1, -0.05) is 24.3 Å². The van der Waals surface area contributed by atoms with E-state index < -0.39 is 5.97 Å². The number of carbonyl (C=O) groups excluding carboxylic acids is 2. The molecule has 0 unspecified atom stereocenters. The molecule has 1 aliphatic heterocycles. The Morgan fingerprint density at radius 2 is 1.89 bits per heavy atom. The van der Waals surface area contributed by atoms with Crippen molar-refractivity contribution in [1.82, 2.24) is 0 Å². The van der Waals surface area contributed by atoms with E-state index in [1.165, 1.54) is 11.3 Å². The topological polar surface area (TPSA) is 52.6 Å². The number of ketones is 1. The summed E-state index contributed by atoms with van der Waals surface area (Å²) in [4.78, 5) is 26.0. The largest absolute Gasteiger partial charge is 0.452 e. The zero-order valence-corrected chi connectivity index (χ0v) is 15.6. The molecule has 0 aliphatic carbocycles. The van der Waals surface area contributed by atoms with E-state index in [9.17, 15) is 9.59 Å². The minimum Gasteiger partial charge on any atom is -0.452 e. The molecule has 0 radical (unpaired) electrons. The summed E-state index contributed by atoms with van der Waals surface area (Å²) in [5.74, 6) is 0.441. The summed E-state index contributed by atoms with van der Waals surface area (Å²) in [6, 6.07) is 14.3. The molecule has 2 heterocycles. The van der Waals surface area contributed by atoms with Crippen molar-refractivity contribution in [3.05, 3.63) is 86.8 Å². The van der Waals surface area contributed by atoms with E-state index in [0.29, 0.717) is 28.2 Å². The molecular formula is C22H16O4S. The fraction of sp³-hybridized carbons (Fsp3) is 0.0909. The number of benzene rings is 2. The first-order valence-corrected chi connectivity index (χ1v) is 9.31. The van der Waals surface area contributed by atoms with Gasteiger partial charge in [0.2, 0.25) is 5.78 Å². The van der Waals surface area contributed by atoms with E-state index in [4.69, 9.17) is 9.47 Å². The maximum Gasteiger partial charge on any atom is 0.343 e. The molecule has 1 aliphatic rings. The Bertz CT molecular complexity index is 1080. The number of fused-ring (bicyclic) bond motifs is 1. The van der Waals surface area contributed by atoms with Crippen LogP contribution in [0.15, 0.2) is 59.7 Å². The Labute approximate surface area is 160 Å². The van der Waals surface area contributed by atoms with Crippen molar-refractivity contribution in [3.8, 4) is 11.5 Å². The molecule has 0 amide bonds. The van der Waals surface area contributed by atoms with Crippen LogP contribution in [0.2, 0.25) is 0 Å². The molecule has 5 heteroatoms. The summed E-state index contributed by atoms with van der Waals surface area (Å²) in [5, 5.41) is 1.94. The number of allylic oxidation sites excluding steroid dienone is 1. The van der Waals surface area contributed by atoms with Gasteiger partial charge >= 0.3 is 5.97 Å². The number of thiophene rings is 1. The molecular weight excluding hydrogens is 360 g/mol. The van der Waals surface area contributed by atoms with Crippen molar-refractivity contribution < 1.29 is 19.1 Å². The van der Waals surface area contributed by atoms with Crippen LogP contribution in [0.4, 0.5) is 0 Å². The van der Waals surface area contributed by atoms with Gasteiger partial charge in [-0.25, -0.2) is 4.79 Å². The fourth-order valence-corrected chi connectivity index (χ4v) is 3.65. The molecule has 3 aromatic rings. The second kappa shape index (κ2) is 6.85. The highest BCUT2D eigenvalue weighted by atomic mass is 32.1. The van der Waals surface area contributed by atoms with Gasteiger partial charge in [-0.15, -0.1) is 11.3 Å². The number of hydrogen-bond donors (Lipinski definition) is 0. The van der Waals surface area contributed by atoms with Crippen LogP contribution in [-0.4, -0.2) is 11.8 Å². The summed E-state index contributed by atoms with van der Waals surface area (Å²) in [5.41, 5.74) is 2.56. The summed E-state index contributed by atoms with van der Waals surface area (Å²) in [6.07, 6.45) is 1.73. The highest BCUT2D eigenvalue weighted by molar-refractivity contribution is 7.10. The van der Waals surface area contributed by atoms with Gasteiger partial charge in [-0.05, 0) is 48.6 Å².